The molecule has 0 radical (unpaired) electrons. The Morgan fingerprint density at radius 2 is 1.81 bits per heavy atom. The molecule has 0 saturated heterocycles. The minimum atomic E-state index is -1.24. The van der Waals surface area contributed by atoms with Gasteiger partial charge in [0.2, 0.25) is 6.54 Å². The minimum Gasteiger partial charge on any atom is -0.459 e. The summed E-state index contributed by atoms with van der Waals surface area (Å²) >= 11 is 0. The molecular formula is C14H25NO6. The average molecular weight is 303 g/mol. The van der Waals surface area contributed by atoms with Crippen LogP contribution in [0.15, 0.2) is 0 Å². The van der Waals surface area contributed by atoms with Gasteiger partial charge < -0.3 is 14.3 Å². The lowest BCUT2D eigenvalue weighted by Crippen LogP contribution is -2.42. The van der Waals surface area contributed by atoms with Gasteiger partial charge in [0.05, 0.1) is 6.10 Å². The molecule has 7 heteroatoms. The van der Waals surface area contributed by atoms with E-state index >= 15 is 0 Å². The van der Waals surface area contributed by atoms with Crippen molar-refractivity contribution in [3.63, 3.8) is 0 Å². The Morgan fingerprint density at radius 3 is 2.14 bits per heavy atom. The van der Waals surface area contributed by atoms with Gasteiger partial charge in [-0.25, -0.2) is 0 Å². The first-order valence-electron chi connectivity index (χ1n) is 7.10. The number of rotatable bonds is 9. The molecule has 122 valence electrons. The SMILES string of the molecule is CCC(CC)O[C@@H](C=O)[C@@H](C[N+](=O)[O-])C(=O)OC(C)(C)C. The van der Waals surface area contributed by atoms with Crippen LogP contribution in [0.2, 0.25) is 0 Å². The maximum atomic E-state index is 12.1. The minimum absolute atomic E-state index is 0.225. The molecule has 0 amide bonds. The third-order valence-corrected chi connectivity index (χ3v) is 2.85. The number of carbonyl (C=O) groups is 2. The van der Waals surface area contributed by atoms with E-state index in [0.29, 0.717) is 19.1 Å². The maximum Gasteiger partial charge on any atom is 0.319 e. The van der Waals surface area contributed by atoms with Crippen LogP contribution in [0.3, 0.4) is 0 Å². The smallest absolute Gasteiger partial charge is 0.319 e. The summed E-state index contributed by atoms with van der Waals surface area (Å²) in [6, 6.07) is 0. The largest absolute Gasteiger partial charge is 0.459 e. The second-order valence-corrected chi connectivity index (χ2v) is 5.83. The molecule has 0 saturated carbocycles. The van der Waals surface area contributed by atoms with Gasteiger partial charge >= 0.3 is 5.97 Å². The molecule has 0 spiro atoms. The van der Waals surface area contributed by atoms with E-state index in [9.17, 15) is 19.7 Å². The molecule has 7 nitrogen and oxygen atoms in total. The molecule has 0 unspecified atom stereocenters. The number of nitrogens with zero attached hydrogens (tertiary/aromatic N) is 1. The van der Waals surface area contributed by atoms with E-state index in [1.165, 1.54) is 0 Å². The Hall–Kier alpha value is -1.50. The Morgan fingerprint density at radius 1 is 1.29 bits per heavy atom. The highest BCUT2D eigenvalue weighted by Gasteiger charge is 2.37. The van der Waals surface area contributed by atoms with Crippen molar-refractivity contribution in [2.45, 2.75) is 65.3 Å². The first kappa shape index (κ1) is 19.5. The Labute approximate surface area is 125 Å². The van der Waals surface area contributed by atoms with Crippen LogP contribution in [0.25, 0.3) is 0 Å². The van der Waals surface area contributed by atoms with Crippen molar-refractivity contribution >= 4 is 12.3 Å². The summed E-state index contributed by atoms with van der Waals surface area (Å²) in [5.41, 5.74) is -0.783. The normalized spacial score (nSPS) is 14.6. The number of carbonyl (C=O) groups excluding carboxylic acids is 2. The highest BCUT2D eigenvalue weighted by molar-refractivity contribution is 5.78. The number of esters is 1. The predicted octanol–water partition coefficient (Wildman–Crippen LogP) is 1.99. The fraction of sp³-hybridized carbons (Fsp3) is 0.857. The summed E-state index contributed by atoms with van der Waals surface area (Å²) in [5, 5.41) is 10.8. The van der Waals surface area contributed by atoms with Crippen molar-refractivity contribution in [3.05, 3.63) is 10.1 Å². The van der Waals surface area contributed by atoms with Crippen LogP contribution in [-0.2, 0) is 19.1 Å². The van der Waals surface area contributed by atoms with E-state index < -0.39 is 35.1 Å². The summed E-state index contributed by atoms with van der Waals surface area (Å²) < 4.78 is 10.7. The number of hydrogen-bond donors (Lipinski definition) is 0. The van der Waals surface area contributed by atoms with Crippen molar-refractivity contribution in [1.29, 1.82) is 0 Å². The van der Waals surface area contributed by atoms with Crippen LogP contribution < -0.4 is 0 Å². The van der Waals surface area contributed by atoms with Gasteiger partial charge in [-0.2, -0.15) is 0 Å². The summed E-state index contributed by atoms with van der Waals surface area (Å²) in [5.74, 6) is -2.03. The van der Waals surface area contributed by atoms with Gasteiger partial charge in [-0.1, -0.05) is 13.8 Å². The third kappa shape index (κ3) is 7.75. The van der Waals surface area contributed by atoms with E-state index in [0.717, 1.165) is 0 Å². The zero-order chi connectivity index (χ0) is 16.6. The average Bonchev–Trinajstić information content (AvgIpc) is 2.36. The van der Waals surface area contributed by atoms with Crippen LogP contribution in [0, 0.1) is 16.0 Å². The van der Waals surface area contributed by atoms with Crippen LogP contribution in [0.1, 0.15) is 47.5 Å². The van der Waals surface area contributed by atoms with Crippen molar-refractivity contribution in [2.24, 2.45) is 5.92 Å². The number of hydrogen-bond acceptors (Lipinski definition) is 6. The molecule has 0 fully saturated rings. The molecule has 2 atom stereocenters. The standard InChI is InChI=1S/C14H25NO6/c1-6-10(7-2)20-12(9-16)11(8-15(18)19)13(17)21-14(3,4)5/h9-12H,6-8H2,1-5H3/t11-,12+/m1/s1. The molecule has 0 rings (SSSR count). The summed E-state index contributed by atoms with van der Waals surface area (Å²) in [6.45, 7) is 8.04. The lowest BCUT2D eigenvalue weighted by atomic mass is 10.0. The van der Waals surface area contributed by atoms with Crippen LogP contribution in [-0.4, -0.2) is 41.5 Å². The Balaban J connectivity index is 5.11. The summed E-state index contributed by atoms with van der Waals surface area (Å²) in [6.07, 6.45) is 0.351. The van der Waals surface area contributed by atoms with Crippen molar-refractivity contribution < 1.29 is 24.0 Å². The molecular weight excluding hydrogens is 278 g/mol. The van der Waals surface area contributed by atoms with Gasteiger partial charge in [-0.15, -0.1) is 0 Å². The lowest BCUT2D eigenvalue weighted by Gasteiger charge is -2.26. The number of ether oxygens (including phenoxy) is 2. The molecule has 0 aliphatic heterocycles. The fourth-order valence-electron chi connectivity index (χ4n) is 1.78. The van der Waals surface area contributed by atoms with E-state index in [1.807, 2.05) is 13.8 Å². The molecule has 0 heterocycles. The highest BCUT2D eigenvalue weighted by Crippen LogP contribution is 2.18. The molecule has 0 N–H and O–H groups in total. The first-order valence-corrected chi connectivity index (χ1v) is 7.10. The van der Waals surface area contributed by atoms with Crippen molar-refractivity contribution in [1.82, 2.24) is 0 Å². The molecule has 21 heavy (non-hydrogen) atoms. The highest BCUT2D eigenvalue weighted by atomic mass is 16.6. The molecule has 0 aromatic rings. The second-order valence-electron chi connectivity index (χ2n) is 5.83. The van der Waals surface area contributed by atoms with E-state index in [4.69, 9.17) is 9.47 Å². The van der Waals surface area contributed by atoms with Crippen LogP contribution in [0.5, 0.6) is 0 Å². The monoisotopic (exact) mass is 303 g/mol. The zero-order valence-corrected chi connectivity index (χ0v) is 13.3. The third-order valence-electron chi connectivity index (χ3n) is 2.85. The lowest BCUT2D eigenvalue weighted by molar-refractivity contribution is -0.488. The van der Waals surface area contributed by atoms with Gasteiger partial charge in [0, 0.05) is 4.92 Å². The maximum absolute atomic E-state index is 12.1. The van der Waals surface area contributed by atoms with Gasteiger partial charge in [0.25, 0.3) is 0 Å². The van der Waals surface area contributed by atoms with Crippen molar-refractivity contribution in [2.75, 3.05) is 6.54 Å². The van der Waals surface area contributed by atoms with Crippen LogP contribution in [0.4, 0.5) is 0 Å². The van der Waals surface area contributed by atoms with Crippen LogP contribution >= 0.6 is 0 Å². The van der Waals surface area contributed by atoms with E-state index in [1.54, 1.807) is 20.8 Å². The van der Waals surface area contributed by atoms with Gasteiger partial charge in [-0.05, 0) is 33.6 Å². The summed E-state index contributed by atoms with van der Waals surface area (Å²) in [7, 11) is 0. The molecule has 0 aliphatic carbocycles. The Kier molecular flexibility index (Phi) is 8.09. The van der Waals surface area contributed by atoms with Gasteiger partial charge in [-0.3, -0.25) is 14.9 Å². The number of aldehydes is 1. The quantitative estimate of drug-likeness (QED) is 0.280. The summed E-state index contributed by atoms with van der Waals surface area (Å²) in [4.78, 5) is 33.4. The van der Waals surface area contributed by atoms with E-state index in [2.05, 4.69) is 0 Å². The molecule has 0 aromatic heterocycles. The fourth-order valence-corrected chi connectivity index (χ4v) is 1.78. The molecule has 0 aromatic carbocycles. The van der Waals surface area contributed by atoms with E-state index in [-0.39, 0.29) is 6.10 Å². The van der Waals surface area contributed by atoms with Gasteiger partial charge in [0.15, 0.2) is 5.92 Å². The molecule has 0 aliphatic rings. The zero-order valence-electron chi connectivity index (χ0n) is 13.3. The second kappa shape index (κ2) is 8.71. The number of nitro groups is 1. The first-order chi connectivity index (χ1) is 9.64. The topological polar surface area (TPSA) is 95.7 Å². The van der Waals surface area contributed by atoms with Gasteiger partial charge in [0.1, 0.15) is 18.0 Å². The van der Waals surface area contributed by atoms with Crippen molar-refractivity contribution in [3.8, 4) is 0 Å². The predicted molar refractivity (Wildman–Crippen MR) is 76.5 cm³/mol. The molecule has 0 bridgehead atoms. The Bertz CT molecular complexity index is 359.